The van der Waals surface area contributed by atoms with Crippen molar-refractivity contribution in [2.75, 3.05) is 10.7 Å². The van der Waals surface area contributed by atoms with Gasteiger partial charge in [-0.1, -0.05) is 55.4 Å². The zero-order chi connectivity index (χ0) is 21.3. The van der Waals surface area contributed by atoms with Gasteiger partial charge in [-0.15, -0.1) is 0 Å². The van der Waals surface area contributed by atoms with E-state index in [0.29, 0.717) is 16.4 Å². The van der Waals surface area contributed by atoms with Crippen LogP contribution >= 0.6 is 11.8 Å². The molecule has 1 atom stereocenters. The number of thioether (sulfide) groups is 1. The fraction of sp³-hybridized carbons (Fsp3) is 0.304. The second-order valence-electron chi connectivity index (χ2n) is 7.39. The van der Waals surface area contributed by atoms with E-state index in [4.69, 9.17) is 5.10 Å². The van der Waals surface area contributed by atoms with Crippen LogP contribution in [0.1, 0.15) is 44.0 Å². The van der Waals surface area contributed by atoms with Gasteiger partial charge in [-0.05, 0) is 41.8 Å². The van der Waals surface area contributed by atoms with Crippen molar-refractivity contribution < 1.29 is 9.48 Å². The first kappa shape index (κ1) is 20.3. The van der Waals surface area contributed by atoms with E-state index in [1.165, 1.54) is 11.8 Å². The van der Waals surface area contributed by atoms with E-state index in [1.807, 2.05) is 55.5 Å². The maximum absolute atomic E-state index is 13.2. The van der Waals surface area contributed by atoms with Gasteiger partial charge < -0.3 is 0 Å². The molecule has 6 nitrogen and oxygen atoms in total. The minimum Gasteiger partial charge on any atom is -0.291 e. The molecule has 1 aromatic heterocycles. The summed E-state index contributed by atoms with van der Waals surface area (Å²) in [5, 5.41) is 5.37. The number of hydrogen-bond acceptors (Lipinski definition) is 4. The lowest BCUT2D eigenvalue weighted by atomic mass is 9.99. The second kappa shape index (κ2) is 8.44. The Hall–Kier alpha value is -2.93. The van der Waals surface area contributed by atoms with E-state index >= 15 is 0 Å². The number of benzene rings is 2. The Labute approximate surface area is 180 Å². The normalized spacial score (nSPS) is 14.9. The molecule has 0 saturated carbocycles. The summed E-state index contributed by atoms with van der Waals surface area (Å²) in [4.78, 5) is 30.7. The summed E-state index contributed by atoms with van der Waals surface area (Å²) in [5.74, 6) is 0.775. The number of anilines is 1. The summed E-state index contributed by atoms with van der Waals surface area (Å²) in [6.45, 7) is 5.70. The number of aromatic nitrogens is 3. The van der Waals surface area contributed by atoms with E-state index in [0.717, 1.165) is 35.4 Å². The molecule has 0 saturated heterocycles. The number of para-hydroxylation sites is 1. The van der Waals surface area contributed by atoms with Crippen LogP contribution in [0.2, 0.25) is 0 Å². The molecular weight excluding hydrogens is 396 g/mol. The Bertz CT molecular complexity index is 1160. The van der Waals surface area contributed by atoms with Gasteiger partial charge in [0.15, 0.2) is 0 Å². The lowest BCUT2D eigenvalue weighted by molar-refractivity contribution is -0.763. The van der Waals surface area contributed by atoms with Gasteiger partial charge in [-0.3, -0.25) is 14.6 Å². The van der Waals surface area contributed by atoms with Crippen LogP contribution in [-0.2, 0) is 4.79 Å². The highest BCUT2D eigenvalue weighted by Gasteiger charge is 2.45. The average Bonchev–Trinajstić information content (AvgIpc) is 2.73. The van der Waals surface area contributed by atoms with Crippen molar-refractivity contribution in [1.29, 1.82) is 0 Å². The van der Waals surface area contributed by atoms with Crippen molar-refractivity contribution in [2.45, 2.75) is 44.9 Å². The van der Waals surface area contributed by atoms with E-state index in [9.17, 15) is 9.59 Å². The molecule has 1 N–H and O–H groups in total. The fourth-order valence-corrected chi connectivity index (χ4v) is 4.79. The van der Waals surface area contributed by atoms with Gasteiger partial charge in [-0.25, -0.2) is 4.90 Å². The molecule has 0 fully saturated rings. The molecule has 0 aliphatic carbocycles. The molecule has 0 bridgehead atoms. The van der Waals surface area contributed by atoms with Crippen molar-refractivity contribution in [3.05, 3.63) is 70.0 Å². The summed E-state index contributed by atoms with van der Waals surface area (Å²) in [6, 6.07) is 15.4. The Morgan fingerprint density at radius 3 is 2.67 bits per heavy atom. The van der Waals surface area contributed by atoms with Crippen LogP contribution in [0.25, 0.3) is 11.3 Å². The number of carbonyl (C=O) groups excluding carboxylic acids is 1. The van der Waals surface area contributed by atoms with Crippen LogP contribution in [-0.4, -0.2) is 21.7 Å². The van der Waals surface area contributed by atoms with Crippen LogP contribution in [0.15, 0.2) is 58.5 Å². The molecule has 154 valence electrons. The minimum absolute atomic E-state index is 0.101. The third-order valence-corrected chi connectivity index (χ3v) is 6.25. The topological polar surface area (TPSA) is 69.9 Å². The largest absolute Gasteiger partial charge is 0.325 e. The third kappa shape index (κ3) is 3.54. The lowest BCUT2D eigenvalue weighted by Crippen LogP contribution is -2.60. The molecule has 4 rings (SSSR count). The zero-order valence-electron chi connectivity index (χ0n) is 17.4. The number of aryl methyl sites for hydroxylation is 1. The van der Waals surface area contributed by atoms with Gasteiger partial charge in [0.25, 0.3) is 6.17 Å². The van der Waals surface area contributed by atoms with Crippen LogP contribution in [0.3, 0.4) is 0 Å². The van der Waals surface area contributed by atoms with Gasteiger partial charge in [0, 0.05) is 23.3 Å². The summed E-state index contributed by atoms with van der Waals surface area (Å²) < 4.78 is 1.72. The molecule has 3 aromatic rings. The maximum Gasteiger partial charge on any atom is 0.325 e. The van der Waals surface area contributed by atoms with E-state index in [-0.39, 0.29) is 11.5 Å². The molecule has 1 aliphatic heterocycles. The zero-order valence-corrected chi connectivity index (χ0v) is 18.2. The monoisotopic (exact) mass is 421 g/mol. The van der Waals surface area contributed by atoms with E-state index in [2.05, 4.69) is 11.9 Å². The third-order valence-electron chi connectivity index (χ3n) is 5.30. The van der Waals surface area contributed by atoms with Crippen LogP contribution in [0.4, 0.5) is 5.69 Å². The number of hydrogen-bond donors (Lipinski definition) is 1. The first-order valence-electron chi connectivity index (χ1n) is 10.2. The number of amides is 1. The molecule has 30 heavy (non-hydrogen) atoms. The summed E-state index contributed by atoms with van der Waals surface area (Å²) in [5.41, 5.74) is 3.67. The Morgan fingerprint density at radius 2 is 1.93 bits per heavy atom. The van der Waals surface area contributed by atoms with Crippen molar-refractivity contribution in [1.82, 2.24) is 10.1 Å². The number of fused-ring (bicyclic) bond motifs is 3. The molecule has 0 unspecified atom stereocenters. The molecule has 0 spiro atoms. The summed E-state index contributed by atoms with van der Waals surface area (Å²) in [7, 11) is 0. The van der Waals surface area contributed by atoms with Crippen molar-refractivity contribution in [3.8, 4) is 11.3 Å². The van der Waals surface area contributed by atoms with Crippen molar-refractivity contribution >= 4 is 23.4 Å². The molecule has 2 heterocycles. The first-order chi connectivity index (χ1) is 14.5. The summed E-state index contributed by atoms with van der Waals surface area (Å²) >= 11 is 1.53. The number of H-pyrrole nitrogens is 1. The number of rotatable bonds is 5. The van der Waals surface area contributed by atoms with Gasteiger partial charge in [0.05, 0.1) is 11.3 Å². The van der Waals surface area contributed by atoms with Crippen molar-refractivity contribution in [2.24, 2.45) is 0 Å². The molecule has 1 amide bonds. The molecular formula is C23H25N4O2S+. The number of unbranched alkanes of at least 4 members (excludes halogenated alkanes) is 1. The van der Waals surface area contributed by atoms with Crippen LogP contribution in [0.5, 0.6) is 0 Å². The van der Waals surface area contributed by atoms with E-state index in [1.54, 1.807) is 16.5 Å². The lowest BCUT2D eigenvalue weighted by Gasteiger charge is -2.31. The SMILES string of the molecule is CCCCSc1n[n+]2c(c(=O)[nH]1)-c1ccccc1N(C(C)=O)[C@H]2c1ccccc1C. The quantitative estimate of drug-likeness (QED) is 0.386. The van der Waals surface area contributed by atoms with Gasteiger partial charge in [-0.2, -0.15) is 0 Å². The van der Waals surface area contributed by atoms with Crippen LogP contribution < -0.4 is 15.1 Å². The van der Waals surface area contributed by atoms with Crippen LogP contribution in [0, 0.1) is 6.92 Å². The average molecular weight is 422 g/mol. The first-order valence-corrected chi connectivity index (χ1v) is 11.1. The molecule has 7 heteroatoms. The Morgan fingerprint density at radius 1 is 1.20 bits per heavy atom. The summed E-state index contributed by atoms with van der Waals surface area (Å²) in [6.07, 6.45) is 1.59. The highest BCUT2D eigenvalue weighted by atomic mass is 32.2. The van der Waals surface area contributed by atoms with E-state index < -0.39 is 6.17 Å². The van der Waals surface area contributed by atoms with Gasteiger partial charge in [0.1, 0.15) is 0 Å². The predicted molar refractivity (Wildman–Crippen MR) is 119 cm³/mol. The maximum atomic E-state index is 13.2. The number of aromatic amines is 1. The molecule has 1 aliphatic rings. The highest BCUT2D eigenvalue weighted by Crippen LogP contribution is 2.37. The Balaban J connectivity index is 1.99. The minimum atomic E-state index is -0.526. The smallest absolute Gasteiger partial charge is 0.291 e. The fourth-order valence-electron chi connectivity index (χ4n) is 3.85. The number of carbonyl (C=O) groups is 1. The molecule has 0 radical (unpaired) electrons. The van der Waals surface area contributed by atoms with Gasteiger partial charge >= 0.3 is 11.3 Å². The Kier molecular flexibility index (Phi) is 5.72. The number of nitrogens with zero attached hydrogens (tertiary/aromatic N) is 3. The number of nitrogens with one attached hydrogen (secondary N) is 1. The molecule has 2 aromatic carbocycles. The van der Waals surface area contributed by atoms with Crippen molar-refractivity contribution in [3.63, 3.8) is 0 Å². The standard InChI is InChI=1S/C23H24N4O2S/c1-4-5-14-30-23-24-21(29)20-18-12-8-9-13-19(18)26(16(3)28)22(27(20)25-23)17-11-7-6-10-15(17)2/h6-13,22H,4-5,14H2,1-3H3/p+1/t22-/m1/s1. The predicted octanol–water partition coefficient (Wildman–Crippen LogP) is 3.84. The highest BCUT2D eigenvalue weighted by molar-refractivity contribution is 7.99. The van der Waals surface area contributed by atoms with Gasteiger partial charge in [0.2, 0.25) is 11.1 Å². The second-order valence-corrected chi connectivity index (χ2v) is 8.47.